The molecule has 0 bridgehead atoms. The van der Waals surface area contributed by atoms with E-state index in [1.165, 1.54) is 19.8 Å². The summed E-state index contributed by atoms with van der Waals surface area (Å²) in [6, 6.07) is 14.3. The first kappa shape index (κ1) is 17.3. The van der Waals surface area contributed by atoms with Crippen LogP contribution < -0.4 is 0 Å². The minimum absolute atomic E-state index is 0.850. The molecule has 0 aliphatic carbocycles. The Bertz CT molecular complexity index is 675. The second kappa shape index (κ2) is 7.47. The molecule has 2 aromatic rings. The molecule has 2 rings (SSSR count). The average Bonchev–Trinajstić information content (AvgIpc) is 2.52. The molecule has 0 atom stereocenters. The summed E-state index contributed by atoms with van der Waals surface area (Å²) in [6.45, 7) is 4.10. The van der Waals surface area contributed by atoms with Gasteiger partial charge in [0, 0.05) is 24.0 Å². The summed E-state index contributed by atoms with van der Waals surface area (Å²) in [6.07, 6.45) is 1.57. The maximum Gasteiger partial charge on any atom is 0.338 e. The van der Waals surface area contributed by atoms with Crippen molar-refractivity contribution in [1.82, 2.24) is 0 Å². The Kier molecular flexibility index (Phi) is 5.87. The fourth-order valence-electron chi connectivity index (χ4n) is 1.92. The number of rotatable bonds is 6. The van der Waals surface area contributed by atoms with E-state index < -0.39 is 7.60 Å². The van der Waals surface area contributed by atoms with E-state index in [1.807, 2.05) is 19.1 Å². The third kappa shape index (κ3) is 4.47. The standard InChI is InChI=1S/C17H20O3PS/c1-13-6-9-16(10-7-13)22-17-11-14(2)5-8-15(17)12-21(18,19-3)20-4/h5-12H,1-4H3. The van der Waals surface area contributed by atoms with Crippen LogP contribution in [0.3, 0.4) is 0 Å². The highest BCUT2D eigenvalue weighted by molar-refractivity contribution is 7.99. The van der Waals surface area contributed by atoms with Crippen LogP contribution in [0, 0.1) is 20.0 Å². The van der Waals surface area contributed by atoms with Gasteiger partial charge < -0.3 is 9.05 Å². The van der Waals surface area contributed by atoms with E-state index in [1.54, 1.807) is 17.9 Å². The Morgan fingerprint density at radius 2 is 1.55 bits per heavy atom. The molecule has 5 heteroatoms. The van der Waals surface area contributed by atoms with E-state index in [0.29, 0.717) is 0 Å². The lowest BCUT2D eigenvalue weighted by Gasteiger charge is -2.16. The maximum absolute atomic E-state index is 12.3. The third-order valence-electron chi connectivity index (χ3n) is 3.22. The van der Waals surface area contributed by atoms with E-state index >= 15 is 0 Å². The van der Waals surface area contributed by atoms with Gasteiger partial charge in [-0.05, 0) is 43.2 Å². The second-order valence-corrected chi connectivity index (χ2v) is 8.17. The van der Waals surface area contributed by atoms with Gasteiger partial charge in [-0.1, -0.05) is 41.6 Å². The molecule has 117 valence electrons. The smallest absolute Gasteiger partial charge is 0.311 e. The summed E-state index contributed by atoms with van der Waals surface area (Å²) in [7, 11) is -0.415. The van der Waals surface area contributed by atoms with Crippen molar-refractivity contribution >= 4 is 19.4 Å². The maximum atomic E-state index is 12.3. The lowest BCUT2D eigenvalue weighted by molar-refractivity contribution is 0.283. The zero-order valence-corrected chi connectivity index (χ0v) is 14.9. The topological polar surface area (TPSA) is 35.5 Å². The molecule has 0 aliphatic heterocycles. The van der Waals surface area contributed by atoms with Crippen LogP contribution in [0.1, 0.15) is 16.7 Å². The van der Waals surface area contributed by atoms with Gasteiger partial charge in [0.15, 0.2) is 0 Å². The third-order valence-corrected chi connectivity index (χ3v) is 5.92. The summed E-state index contributed by atoms with van der Waals surface area (Å²) >= 11 is 1.64. The SMILES string of the molecule is COP(=O)([CH]c1ccc(C)cc1Sc1ccc(C)cc1)OC. The molecule has 3 nitrogen and oxygen atoms in total. The highest BCUT2D eigenvalue weighted by Crippen LogP contribution is 2.53. The van der Waals surface area contributed by atoms with Crippen molar-refractivity contribution in [3.63, 3.8) is 0 Å². The Morgan fingerprint density at radius 3 is 2.14 bits per heavy atom. The van der Waals surface area contributed by atoms with Crippen molar-refractivity contribution in [1.29, 1.82) is 0 Å². The summed E-state index contributed by atoms with van der Waals surface area (Å²) in [5.74, 6) is 0. The molecule has 0 aromatic heterocycles. The Hall–Kier alpha value is -1.06. The number of hydrogen-bond donors (Lipinski definition) is 0. The van der Waals surface area contributed by atoms with Crippen molar-refractivity contribution in [2.45, 2.75) is 23.6 Å². The van der Waals surface area contributed by atoms with Crippen molar-refractivity contribution in [3.05, 3.63) is 65.3 Å². The van der Waals surface area contributed by atoms with Gasteiger partial charge in [-0.2, -0.15) is 0 Å². The average molecular weight is 335 g/mol. The van der Waals surface area contributed by atoms with Gasteiger partial charge in [-0.25, -0.2) is 0 Å². The minimum Gasteiger partial charge on any atom is -0.311 e. The molecular weight excluding hydrogens is 315 g/mol. The molecule has 0 heterocycles. The molecule has 0 saturated heterocycles. The predicted molar refractivity (Wildman–Crippen MR) is 91.5 cm³/mol. The monoisotopic (exact) mass is 335 g/mol. The molecule has 0 unspecified atom stereocenters. The van der Waals surface area contributed by atoms with E-state index in [4.69, 9.17) is 9.05 Å². The molecule has 0 spiro atoms. The fraction of sp³-hybridized carbons (Fsp3) is 0.235. The summed E-state index contributed by atoms with van der Waals surface area (Å²) < 4.78 is 22.4. The van der Waals surface area contributed by atoms with Crippen molar-refractivity contribution in [3.8, 4) is 0 Å². The van der Waals surface area contributed by atoms with Gasteiger partial charge in [0.25, 0.3) is 0 Å². The zero-order valence-electron chi connectivity index (χ0n) is 13.2. The lowest BCUT2D eigenvalue weighted by atomic mass is 10.2. The van der Waals surface area contributed by atoms with Gasteiger partial charge in [-0.15, -0.1) is 0 Å². The zero-order chi connectivity index (χ0) is 16.2. The van der Waals surface area contributed by atoms with E-state index in [-0.39, 0.29) is 0 Å². The van der Waals surface area contributed by atoms with Gasteiger partial charge in [-0.3, -0.25) is 4.57 Å². The van der Waals surface area contributed by atoms with Crippen LogP contribution in [0.15, 0.2) is 52.3 Å². The molecule has 0 N–H and O–H groups in total. The molecule has 0 amide bonds. The van der Waals surface area contributed by atoms with Crippen LogP contribution in [-0.2, 0) is 13.6 Å². The quantitative estimate of drug-likeness (QED) is 0.658. The van der Waals surface area contributed by atoms with Crippen LogP contribution in [0.5, 0.6) is 0 Å². The van der Waals surface area contributed by atoms with Crippen LogP contribution in [-0.4, -0.2) is 14.2 Å². The Labute approximate surface area is 136 Å². The lowest BCUT2D eigenvalue weighted by Crippen LogP contribution is -1.94. The number of benzene rings is 2. The highest BCUT2D eigenvalue weighted by Gasteiger charge is 2.24. The van der Waals surface area contributed by atoms with Crippen molar-refractivity contribution in [2.24, 2.45) is 0 Å². The van der Waals surface area contributed by atoms with Gasteiger partial charge >= 0.3 is 7.60 Å². The molecule has 22 heavy (non-hydrogen) atoms. The Balaban J connectivity index is 2.31. The summed E-state index contributed by atoms with van der Waals surface area (Å²) in [4.78, 5) is 2.16. The molecule has 1 radical (unpaired) electrons. The summed E-state index contributed by atoms with van der Waals surface area (Å²) in [5.41, 5.74) is 3.23. The first-order chi connectivity index (χ1) is 10.5. The van der Waals surface area contributed by atoms with Crippen molar-refractivity contribution < 1.29 is 13.6 Å². The second-order valence-electron chi connectivity index (χ2n) is 4.99. The Morgan fingerprint density at radius 1 is 0.955 bits per heavy atom. The van der Waals surface area contributed by atoms with Gasteiger partial charge in [0.05, 0.1) is 0 Å². The van der Waals surface area contributed by atoms with E-state index in [9.17, 15) is 4.57 Å². The predicted octanol–water partition coefficient (Wildman–Crippen LogP) is 5.45. The van der Waals surface area contributed by atoms with E-state index in [0.717, 1.165) is 20.9 Å². The van der Waals surface area contributed by atoms with Crippen LogP contribution in [0.4, 0.5) is 0 Å². The largest absolute Gasteiger partial charge is 0.338 e. The molecule has 0 saturated carbocycles. The van der Waals surface area contributed by atoms with Crippen LogP contribution >= 0.6 is 19.4 Å². The first-order valence-corrected chi connectivity index (χ1v) is 9.31. The molecule has 2 aromatic carbocycles. The highest BCUT2D eigenvalue weighted by atomic mass is 32.2. The fourth-order valence-corrected chi connectivity index (χ4v) is 3.95. The normalized spacial score (nSPS) is 11.6. The first-order valence-electron chi connectivity index (χ1n) is 6.88. The van der Waals surface area contributed by atoms with Crippen molar-refractivity contribution in [2.75, 3.05) is 14.2 Å². The minimum atomic E-state index is -3.20. The van der Waals surface area contributed by atoms with Gasteiger partial charge in [0.1, 0.15) is 6.16 Å². The summed E-state index contributed by atoms with van der Waals surface area (Å²) in [5, 5.41) is 0. The van der Waals surface area contributed by atoms with E-state index in [2.05, 4.69) is 37.3 Å². The van der Waals surface area contributed by atoms with Crippen LogP contribution in [0.2, 0.25) is 0 Å². The molecule has 0 fully saturated rings. The number of aryl methyl sites for hydroxylation is 2. The van der Waals surface area contributed by atoms with Gasteiger partial charge in [0.2, 0.25) is 0 Å². The molecule has 0 aliphatic rings. The molecular formula is C17H20O3PS. The van der Waals surface area contributed by atoms with Crippen LogP contribution in [0.25, 0.3) is 0 Å². The number of hydrogen-bond acceptors (Lipinski definition) is 4.